The number of nitrogens with two attached hydrogens (primary N) is 1. The van der Waals surface area contributed by atoms with Crippen LogP contribution in [0.25, 0.3) is 0 Å². The van der Waals surface area contributed by atoms with E-state index in [2.05, 4.69) is 10.3 Å². The van der Waals surface area contributed by atoms with Crippen molar-refractivity contribution in [2.24, 2.45) is 11.7 Å². The predicted octanol–water partition coefficient (Wildman–Crippen LogP) is 0.711. The molecule has 1 heterocycles. The average Bonchev–Trinajstić information content (AvgIpc) is 2.21. The summed E-state index contributed by atoms with van der Waals surface area (Å²) in [6.07, 6.45) is 2.11. The minimum absolute atomic E-state index is 0.0363. The largest absolute Gasteiger partial charge is 0.504 e. The van der Waals surface area contributed by atoms with Gasteiger partial charge in [-0.25, -0.2) is 4.98 Å². The zero-order valence-electron chi connectivity index (χ0n) is 8.60. The average molecular weight is 209 g/mol. The quantitative estimate of drug-likeness (QED) is 0.681. The predicted molar refractivity (Wildman–Crippen MR) is 57.4 cm³/mol. The summed E-state index contributed by atoms with van der Waals surface area (Å²) in [4.78, 5) is 15.4. The summed E-state index contributed by atoms with van der Waals surface area (Å²) in [7, 11) is 0. The second-order valence-corrected chi connectivity index (χ2v) is 3.34. The lowest BCUT2D eigenvalue weighted by Crippen LogP contribution is -2.23. The maximum Gasteiger partial charge on any atom is 0.228 e. The van der Waals surface area contributed by atoms with Crippen LogP contribution in [-0.2, 0) is 4.79 Å². The molecule has 0 spiro atoms. The third kappa shape index (κ3) is 3.21. The number of nitrogens with one attached hydrogen (secondary N) is 1. The molecule has 0 radical (unpaired) electrons. The Morgan fingerprint density at radius 1 is 1.73 bits per heavy atom. The number of hydrogen-bond donors (Lipinski definition) is 3. The van der Waals surface area contributed by atoms with Crippen molar-refractivity contribution in [3.8, 4) is 5.75 Å². The molecule has 0 aromatic carbocycles. The molecule has 1 aromatic rings. The zero-order chi connectivity index (χ0) is 11.3. The van der Waals surface area contributed by atoms with E-state index in [-0.39, 0.29) is 23.4 Å². The monoisotopic (exact) mass is 209 g/mol. The van der Waals surface area contributed by atoms with Crippen molar-refractivity contribution in [3.63, 3.8) is 0 Å². The Morgan fingerprint density at radius 2 is 2.47 bits per heavy atom. The van der Waals surface area contributed by atoms with E-state index in [1.54, 1.807) is 13.0 Å². The molecule has 0 fully saturated rings. The highest BCUT2D eigenvalue weighted by atomic mass is 16.3. The van der Waals surface area contributed by atoms with Gasteiger partial charge in [-0.1, -0.05) is 6.92 Å². The number of hydrogen-bond acceptors (Lipinski definition) is 4. The molecule has 0 aliphatic heterocycles. The second kappa shape index (κ2) is 5.31. The second-order valence-electron chi connectivity index (χ2n) is 3.34. The molecule has 0 saturated heterocycles. The van der Waals surface area contributed by atoms with E-state index in [1.165, 1.54) is 12.3 Å². The molecular formula is C10H15N3O2. The Balaban J connectivity index is 2.62. The molecule has 1 rings (SSSR count). The van der Waals surface area contributed by atoms with E-state index in [4.69, 9.17) is 5.73 Å². The van der Waals surface area contributed by atoms with E-state index in [1.807, 2.05) is 0 Å². The molecule has 5 nitrogen and oxygen atoms in total. The van der Waals surface area contributed by atoms with Gasteiger partial charge in [0, 0.05) is 12.1 Å². The first-order valence-electron chi connectivity index (χ1n) is 4.80. The molecule has 4 N–H and O–H groups in total. The molecule has 0 saturated carbocycles. The molecule has 0 aliphatic rings. The lowest BCUT2D eigenvalue weighted by atomic mass is 10.1. The number of carbonyl (C=O) groups is 1. The van der Waals surface area contributed by atoms with Crippen molar-refractivity contribution in [1.29, 1.82) is 0 Å². The van der Waals surface area contributed by atoms with Crippen molar-refractivity contribution in [3.05, 3.63) is 18.3 Å². The van der Waals surface area contributed by atoms with Gasteiger partial charge < -0.3 is 16.2 Å². The zero-order valence-corrected chi connectivity index (χ0v) is 8.60. The van der Waals surface area contributed by atoms with Crippen LogP contribution in [0, 0.1) is 5.92 Å². The summed E-state index contributed by atoms with van der Waals surface area (Å²) >= 11 is 0. The van der Waals surface area contributed by atoms with Gasteiger partial charge in [0.15, 0.2) is 11.6 Å². The first-order chi connectivity index (χ1) is 7.15. The van der Waals surface area contributed by atoms with Crippen LogP contribution in [0.15, 0.2) is 18.3 Å². The molecule has 0 aliphatic carbocycles. The first kappa shape index (κ1) is 11.5. The van der Waals surface area contributed by atoms with Gasteiger partial charge in [0.25, 0.3) is 0 Å². The van der Waals surface area contributed by atoms with Gasteiger partial charge in [-0.05, 0) is 25.1 Å². The van der Waals surface area contributed by atoms with Crippen molar-refractivity contribution in [2.45, 2.75) is 13.3 Å². The van der Waals surface area contributed by atoms with Gasteiger partial charge in [-0.2, -0.15) is 0 Å². The number of anilines is 1. The molecule has 0 bridgehead atoms. The lowest BCUT2D eigenvalue weighted by molar-refractivity contribution is -0.119. The molecule has 1 unspecified atom stereocenters. The minimum atomic E-state index is -0.186. The van der Waals surface area contributed by atoms with E-state index in [0.717, 1.165) is 0 Å². The minimum Gasteiger partial charge on any atom is -0.504 e. The summed E-state index contributed by atoms with van der Waals surface area (Å²) in [5, 5.41) is 11.9. The molecule has 82 valence electrons. The number of rotatable bonds is 4. The molecule has 1 aromatic heterocycles. The highest BCUT2D eigenvalue weighted by Crippen LogP contribution is 2.19. The first-order valence-corrected chi connectivity index (χ1v) is 4.80. The number of amides is 1. The lowest BCUT2D eigenvalue weighted by Gasteiger charge is -2.10. The van der Waals surface area contributed by atoms with Crippen LogP contribution in [0.5, 0.6) is 5.75 Å². The van der Waals surface area contributed by atoms with E-state index < -0.39 is 0 Å². The van der Waals surface area contributed by atoms with Gasteiger partial charge in [0.2, 0.25) is 5.91 Å². The van der Waals surface area contributed by atoms with E-state index in [9.17, 15) is 9.90 Å². The third-order valence-corrected chi connectivity index (χ3v) is 2.08. The maximum absolute atomic E-state index is 11.5. The summed E-state index contributed by atoms with van der Waals surface area (Å²) < 4.78 is 0. The van der Waals surface area contributed by atoms with Gasteiger partial charge in [0.05, 0.1) is 0 Å². The van der Waals surface area contributed by atoms with Crippen molar-refractivity contribution < 1.29 is 9.90 Å². The van der Waals surface area contributed by atoms with Crippen LogP contribution in [0.1, 0.15) is 13.3 Å². The van der Waals surface area contributed by atoms with Crippen molar-refractivity contribution >= 4 is 11.7 Å². The maximum atomic E-state index is 11.5. The fraction of sp³-hybridized carbons (Fsp3) is 0.400. The summed E-state index contributed by atoms with van der Waals surface area (Å²) in [6, 6.07) is 3.06. The van der Waals surface area contributed by atoms with Crippen LogP contribution < -0.4 is 11.1 Å². The fourth-order valence-corrected chi connectivity index (χ4v) is 1.11. The van der Waals surface area contributed by atoms with Crippen LogP contribution in [0.3, 0.4) is 0 Å². The SMILES string of the molecule is CC(CCN)C(=O)Nc1ncccc1O. The van der Waals surface area contributed by atoms with Crippen molar-refractivity contribution in [2.75, 3.05) is 11.9 Å². The molecular weight excluding hydrogens is 194 g/mol. The normalized spacial score (nSPS) is 12.1. The molecule has 5 heteroatoms. The summed E-state index contributed by atoms with van der Waals surface area (Å²) in [5.41, 5.74) is 5.35. The Bertz CT molecular complexity index is 341. The summed E-state index contributed by atoms with van der Waals surface area (Å²) in [6.45, 7) is 2.24. The number of aromatic nitrogens is 1. The highest BCUT2D eigenvalue weighted by molar-refractivity contribution is 5.92. The highest BCUT2D eigenvalue weighted by Gasteiger charge is 2.13. The van der Waals surface area contributed by atoms with Gasteiger partial charge in [-0.3, -0.25) is 4.79 Å². The topological polar surface area (TPSA) is 88.2 Å². The Kier molecular flexibility index (Phi) is 4.05. The molecule has 1 amide bonds. The summed E-state index contributed by atoms with van der Waals surface area (Å²) in [5.74, 6) is -0.219. The van der Waals surface area contributed by atoms with E-state index in [0.29, 0.717) is 13.0 Å². The molecule has 1 atom stereocenters. The third-order valence-electron chi connectivity index (χ3n) is 2.08. The Labute approximate surface area is 88.3 Å². The molecule has 15 heavy (non-hydrogen) atoms. The van der Waals surface area contributed by atoms with Gasteiger partial charge in [0.1, 0.15) is 0 Å². The van der Waals surface area contributed by atoms with E-state index >= 15 is 0 Å². The van der Waals surface area contributed by atoms with Crippen LogP contribution >= 0.6 is 0 Å². The number of carbonyl (C=O) groups excluding carboxylic acids is 1. The van der Waals surface area contributed by atoms with Gasteiger partial charge >= 0.3 is 0 Å². The van der Waals surface area contributed by atoms with Crippen LogP contribution in [0.2, 0.25) is 0 Å². The van der Waals surface area contributed by atoms with Crippen molar-refractivity contribution in [1.82, 2.24) is 4.98 Å². The van der Waals surface area contributed by atoms with Crippen LogP contribution in [0.4, 0.5) is 5.82 Å². The smallest absolute Gasteiger partial charge is 0.228 e. The Morgan fingerprint density at radius 3 is 3.07 bits per heavy atom. The standard InChI is InChI=1S/C10H15N3O2/c1-7(4-5-11)10(15)13-9-8(14)3-2-6-12-9/h2-3,6-7,14H,4-5,11H2,1H3,(H,12,13,15). The van der Waals surface area contributed by atoms with Gasteiger partial charge in [-0.15, -0.1) is 0 Å². The Hall–Kier alpha value is -1.62. The fourth-order valence-electron chi connectivity index (χ4n) is 1.11. The number of aromatic hydroxyl groups is 1. The number of nitrogens with zero attached hydrogens (tertiary/aromatic N) is 1. The van der Waals surface area contributed by atoms with Crippen LogP contribution in [-0.4, -0.2) is 22.5 Å². The number of pyridine rings is 1.